The molecule has 0 unspecified atom stereocenters. The second-order valence-corrected chi connectivity index (χ2v) is 6.50. The highest BCUT2D eigenvalue weighted by Gasteiger charge is 2.23. The van der Waals surface area contributed by atoms with Gasteiger partial charge in [-0.1, -0.05) is 0 Å². The smallest absolute Gasteiger partial charge is 0.269 e. The zero-order chi connectivity index (χ0) is 16.9. The number of nitrogens with zero attached hydrogens (tertiary/aromatic N) is 2. The summed E-state index contributed by atoms with van der Waals surface area (Å²) in [6.07, 6.45) is 3.36. The molecule has 120 valence electrons. The first-order chi connectivity index (χ1) is 10.9. The van der Waals surface area contributed by atoms with Gasteiger partial charge in [0.25, 0.3) is 5.69 Å². The average molecular weight is 331 g/mol. The van der Waals surface area contributed by atoms with Gasteiger partial charge in [-0.05, 0) is 43.7 Å². The molecule has 0 aliphatic heterocycles. The van der Waals surface area contributed by atoms with E-state index in [1.807, 2.05) is 26.0 Å². The molecule has 0 aliphatic carbocycles. The van der Waals surface area contributed by atoms with Gasteiger partial charge >= 0.3 is 0 Å². The summed E-state index contributed by atoms with van der Waals surface area (Å²) < 4.78 is 0. The van der Waals surface area contributed by atoms with Crippen molar-refractivity contribution in [2.24, 2.45) is 0 Å². The van der Waals surface area contributed by atoms with E-state index in [1.54, 1.807) is 24.5 Å². The minimum atomic E-state index is -0.606. The van der Waals surface area contributed by atoms with Crippen LogP contribution < -0.4 is 5.32 Å². The average Bonchev–Trinajstić information content (AvgIpc) is 2.53. The number of aromatic nitrogens is 1. The number of rotatable bonds is 6. The summed E-state index contributed by atoms with van der Waals surface area (Å²) in [6.45, 7) is 3.73. The van der Waals surface area contributed by atoms with Crippen molar-refractivity contribution in [3.8, 4) is 0 Å². The molecule has 6 nitrogen and oxygen atoms in total. The van der Waals surface area contributed by atoms with Gasteiger partial charge in [-0.25, -0.2) is 0 Å². The molecule has 7 heteroatoms. The van der Waals surface area contributed by atoms with Crippen molar-refractivity contribution in [2.75, 3.05) is 5.75 Å². The van der Waals surface area contributed by atoms with Crippen molar-refractivity contribution in [3.63, 3.8) is 0 Å². The van der Waals surface area contributed by atoms with Crippen molar-refractivity contribution in [3.05, 3.63) is 64.5 Å². The molecule has 0 radical (unpaired) electrons. The van der Waals surface area contributed by atoms with Gasteiger partial charge in [-0.15, -0.1) is 11.8 Å². The third-order valence-electron chi connectivity index (χ3n) is 3.27. The van der Waals surface area contributed by atoms with E-state index in [2.05, 4.69) is 10.3 Å². The summed E-state index contributed by atoms with van der Waals surface area (Å²) in [6, 6.07) is 9.89. The van der Waals surface area contributed by atoms with Crippen molar-refractivity contribution in [2.45, 2.75) is 24.3 Å². The fourth-order valence-corrected chi connectivity index (χ4v) is 2.72. The predicted molar refractivity (Wildman–Crippen MR) is 89.2 cm³/mol. The molecular formula is C16H17N3O3S. The van der Waals surface area contributed by atoms with E-state index in [0.717, 1.165) is 10.5 Å². The minimum absolute atomic E-state index is 0.0316. The molecule has 1 N–H and O–H groups in total. The van der Waals surface area contributed by atoms with Crippen LogP contribution in [0.15, 0.2) is 53.7 Å². The second kappa shape index (κ2) is 7.23. The summed E-state index contributed by atoms with van der Waals surface area (Å²) in [7, 11) is 0. The molecule has 0 saturated carbocycles. The number of nitrogens with one attached hydrogen (secondary N) is 1. The molecule has 1 aromatic heterocycles. The molecule has 0 bridgehead atoms. The zero-order valence-electron chi connectivity index (χ0n) is 12.9. The lowest BCUT2D eigenvalue weighted by Crippen LogP contribution is -2.41. The summed E-state index contributed by atoms with van der Waals surface area (Å²) in [5, 5.41) is 13.6. The first kappa shape index (κ1) is 17.0. The zero-order valence-corrected chi connectivity index (χ0v) is 13.7. The monoisotopic (exact) mass is 331 g/mol. The maximum atomic E-state index is 12.1. The molecular weight excluding hydrogens is 314 g/mol. The number of nitro benzene ring substituents is 1. The summed E-state index contributed by atoms with van der Waals surface area (Å²) >= 11 is 1.43. The third kappa shape index (κ3) is 4.79. The van der Waals surface area contributed by atoms with Crippen LogP contribution in [0.2, 0.25) is 0 Å². The predicted octanol–water partition coefficient (Wildman–Crippen LogP) is 3.13. The van der Waals surface area contributed by atoms with E-state index in [1.165, 1.54) is 23.9 Å². The number of hydrogen-bond acceptors (Lipinski definition) is 5. The molecule has 1 heterocycles. The number of pyridine rings is 1. The number of amides is 1. The van der Waals surface area contributed by atoms with E-state index >= 15 is 0 Å². The van der Waals surface area contributed by atoms with Gasteiger partial charge in [0.15, 0.2) is 0 Å². The van der Waals surface area contributed by atoms with Crippen LogP contribution in [-0.4, -0.2) is 21.6 Å². The number of thioether (sulfide) groups is 1. The van der Waals surface area contributed by atoms with Crippen LogP contribution in [-0.2, 0) is 10.3 Å². The van der Waals surface area contributed by atoms with Gasteiger partial charge in [0, 0.05) is 29.4 Å². The quantitative estimate of drug-likeness (QED) is 0.499. The number of carbonyl (C=O) groups excluding carboxylic acids is 1. The lowest BCUT2D eigenvalue weighted by molar-refractivity contribution is -0.384. The van der Waals surface area contributed by atoms with Crippen LogP contribution >= 0.6 is 11.8 Å². The van der Waals surface area contributed by atoms with Crippen LogP contribution in [0.5, 0.6) is 0 Å². The van der Waals surface area contributed by atoms with Crippen molar-refractivity contribution in [1.82, 2.24) is 10.3 Å². The summed E-state index contributed by atoms with van der Waals surface area (Å²) in [4.78, 5) is 27.3. The maximum Gasteiger partial charge on any atom is 0.269 e. The van der Waals surface area contributed by atoms with Crippen molar-refractivity contribution in [1.29, 1.82) is 0 Å². The standard InChI is InChI=1S/C16H17N3O3S/c1-16(2,12-3-5-13(6-4-12)19(21)22)18-15(20)11-23-14-7-9-17-10-8-14/h3-10H,11H2,1-2H3,(H,18,20). The highest BCUT2D eigenvalue weighted by molar-refractivity contribution is 8.00. The van der Waals surface area contributed by atoms with E-state index in [4.69, 9.17) is 0 Å². The Morgan fingerprint density at radius 2 is 1.83 bits per heavy atom. The Morgan fingerprint density at radius 1 is 1.22 bits per heavy atom. The lowest BCUT2D eigenvalue weighted by Gasteiger charge is -2.26. The Balaban J connectivity index is 1.96. The molecule has 2 rings (SSSR count). The topological polar surface area (TPSA) is 85.1 Å². The molecule has 0 fully saturated rings. The van der Waals surface area contributed by atoms with Gasteiger partial charge in [0.1, 0.15) is 0 Å². The summed E-state index contributed by atoms with van der Waals surface area (Å²) in [5.41, 5.74) is 0.236. The third-order valence-corrected chi connectivity index (χ3v) is 4.28. The number of non-ortho nitro benzene ring substituents is 1. The molecule has 1 aromatic carbocycles. The van der Waals surface area contributed by atoms with Crippen LogP contribution in [0, 0.1) is 10.1 Å². The minimum Gasteiger partial charge on any atom is -0.346 e. The van der Waals surface area contributed by atoms with Gasteiger partial charge in [-0.3, -0.25) is 19.9 Å². The molecule has 23 heavy (non-hydrogen) atoms. The number of hydrogen-bond donors (Lipinski definition) is 1. The van der Waals surface area contributed by atoms with Crippen LogP contribution in [0.4, 0.5) is 5.69 Å². The Morgan fingerprint density at radius 3 is 2.39 bits per heavy atom. The van der Waals surface area contributed by atoms with E-state index in [-0.39, 0.29) is 11.6 Å². The molecule has 0 aliphatic rings. The Kier molecular flexibility index (Phi) is 5.33. The summed E-state index contributed by atoms with van der Waals surface area (Å²) in [5.74, 6) is 0.190. The highest BCUT2D eigenvalue weighted by Crippen LogP contribution is 2.23. The normalized spacial score (nSPS) is 11.0. The van der Waals surface area contributed by atoms with Gasteiger partial charge in [0.2, 0.25) is 5.91 Å². The second-order valence-electron chi connectivity index (χ2n) is 5.45. The van der Waals surface area contributed by atoms with Crippen molar-refractivity contribution >= 4 is 23.4 Å². The number of nitro groups is 1. The van der Waals surface area contributed by atoms with Crippen molar-refractivity contribution < 1.29 is 9.72 Å². The van der Waals surface area contributed by atoms with Gasteiger partial charge < -0.3 is 5.32 Å². The first-order valence-corrected chi connectivity index (χ1v) is 7.96. The Labute approximate surface area is 138 Å². The molecule has 2 aromatic rings. The number of carbonyl (C=O) groups is 1. The SMILES string of the molecule is CC(C)(NC(=O)CSc1ccncc1)c1ccc([N+](=O)[O-])cc1. The largest absolute Gasteiger partial charge is 0.346 e. The van der Waals surface area contributed by atoms with Gasteiger partial charge in [-0.2, -0.15) is 0 Å². The van der Waals surface area contributed by atoms with E-state index in [9.17, 15) is 14.9 Å². The lowest BCUT2D eigenvalue weighted by atomic mass is 9.94. The first-order valence-electron chi connectivity index (χ1n) is 6.97. The molecule has 0 saturated heterocycles. The molecule has 0 spiro atoms. The van der Waals surface area contributed by atoms with E-state index < -0.39 is 10.5 Å². The molecule has 1 amide bonds. The molecule has 0 atom stereocenters. The Hall–Kier alpha value is -2.41. The fraction of sp³-hybridized carbons (Fsp3) is 0.250. The Bertz CT molecular complexity index is 687. The van der Waals surface area contributed by atoms with E-state index in [0.29, 0.717) is 5.75 Å². The maximum absolute atomic E-state index is 12.1. The van der Waals surface area contributed by atoms with Crippen LogP contribution in [0.1, 0.15) is 19.4 Å². The van der Waals surface area contributed by atoms with Gasteiger partial charge in [0.05, 0.1) is 16.2 Å². The fourth-order valence-electron chi connectivity index (χ4n) is 2.04. The van der Waals surface area contributed by atoms with Crippen LogP contribution in [0.3, 0.4) is 0 Å². The number of benzene rings is 1. The highest BCUT2D eigenvalue weighted by atomic mass is 32.2. The van der Waals surface area contributed by atoms with Crippen LogP contribution in [0.25, 0.3) is 0 Å².